The number of rotatable bonds is 6. The fourth-order valence-electron chi connectivity index (χ4n) is 4.96. The summed E-state index contributed by atoms with van der Waals surface area (Å²) in [6.07, 6.45) is 3.05. The average molecular weight is 408 g/mol. The van der Waals surface area contributed by atoms with Gasteiger partial charge in [-0.1, -0.05) is 30.3 Å². The van der Waals surface area contributed by atoms with Crippen LogP contribution in [0.3, 0.4) is 0 Å². The first kappa shape index (κ1) is 20.5. The highest BCUT2D eigenvalue weighted by molar-refractivity contribution is 5.96. The lowest BCUT2D eigenvalue weighted by Crippen LogP contribution is -2.45. The first-order valence-electron chi connectivity index (χ1n) is 10.6. The molecule has 2 fully saturated rings. The molecule has 2 saturated heterocycles. The maximum Gasteiger partial charge on any atom is 0.257 e. The van der Waals surface area contributed by atoms with Crippen LogP contribution in [-0.2, 0) is 11.2 Å². The lowest BCUT2D eigenvalue weighted by Gasteiger charge is -2.27. The van der Waals surface area contributed by atoms with Gasteiger partial charge >= 0.3 is 0 Å². The number of carbonyl (C=O) groups is 2. The molecule has 2 N–H and O–H groups in total. The summed E-state index contributed by atoms with van der Waals surface area (Å²) in [6, 6.07) is 9.93. The van der Waals surface area contributed by atoms with Crippen molar-refractivity contribution in [1.82, 2.24) is 19.8 Å². The van der Waals surface area contributed by atoms with Crippen molar-refractivity contribution in [2.45, 2.75) is 32.7 Å². The summed E-state index contributed by atoms with van der Waals surface area (Å²) in [5, 5.41) is 0. The van der Waals surface area contributed by atoms with Gasteiger partial charge in [0.15, 0.2) is 0 Å². The van der Waals surface area contributed by atoms with E-state index in [1.54, 1.807) is 0 Å². The Kier molecular flexibility index (Phi) is 5.81. The Bertz CT molecular complexity index is 898. The van der Waals surface area contributed by atoms with Gasteiger partial charge in [0, 0.05) is 26.2 Å². The summed E-state index contributed by atoms with van der Waals surface area (Å²) < 4.78 is 0. The van der Waals surface area contributed by atoms with Crippen LogP contribution in [0.1, 0.15) is 33.7 Å². The Balaban J connectivity index is 1.38. The van der Waals surface area contributed by atoms with Gasteiger partial charge in [-0.25, -0.2) is 9.97 Å². The third-order valence-corrected chi connectivity index (χ3v) is 6.56. The topological polar surface area (TPSA) is 92.4 Å². The van der Waals surface area contributed by atoms with Crippen LogP contribution in [0.15, 0.2) is 36.7 Å². The van der Waals surface area contributed by atoms with Crippen molar-refractivity contribution in [3.63, 3.8) is 0 Å². The third kappa shape index (κ3) is 4.07. The molecule has 0 saturated carbocycles. The Morgan fingerprint density at radius 2 is 1.63 bits per heavy atom. The monoisotopic (exact) mass is 407 g/mol. The van der Waals surface area contributed by atoms with Crippen molar-refractivity contribution in [2.24, 2.45) is 17.6 Å². The van der Waals surface area contributed by atoms with E-state index >= 15 is 0 Å². The summed E-state index contributed by atoms with van der Waals surface area (Å²) >= 11 is 0. The van der Waals surface area contributed by atoms with Crippen molar-refractivity contribution in [3.05, 3.63) is 59.2 Å². The van der Waals surface area contributed by atoms with E-state index < -0.39 is 0 Å². The molecule has 2 amide bonds. The molecule has 2 aliphatic rings. The number of aryl methyl sites for hydroxylation is 3. The molecule has 7 nitrogen and oxygen atoms in total. The zero-order chi connectivity index (χ0) is 21.3. The second-order valence-electron chi connectivity index (χ2n) is 8.55. The predicted octanol–water partition coefficient (Wildman–Crippen LogP) is 1.58. The van der Waals surface area contributed by atoms with Crippen molar-refractivity contribution < 1.29 is 9.59 Å². The first-order valence-corrected chi connectivity index (χ1v) is 10.6. The number of hydrogen-bond donors (Lipinski definition) is 1. The van der Waals surface area contributed by atoms with Crippen LogP contribution in [0, 0.1) is 25.7 Å². The highest BCUT2D eigenvalue weighted by Crippen LogP contribution is 2.34. The molecule has 0 radical (unpaired) electrons. The van der Waals surface area contributed by atoms with Crippen LogP contribution in [0.5, 0.6) is 0 Å². The molecular weight excluding hydrogens is 378 g/mol. The summed E-state index contributed by atoms with van der Waals surface area (Å²) in [4.78, 5) is 37.7. The van der Waals surface area contributed by atoms with E-state index in [2.05, 4.69) is 27.0 Å². The minimum Gasteiger partial charge on any atom is -0.368 e. The van der Waals surface area contributed by atoms with Gasteiger partial charge in [0.1, 0.15) is 6.33 Å². The van der Waals surface area contributed by atoms with E-state index in [4.69, 9.17) is 5.73 Å². The lowest BCUT2D eigenvalue weighted by molar-refractivity contribution is -0.123. The largest absolute Gasteiger partial charge is 0.368 e. The van der Waals surface area contributed by atoms with Gasteiger partial charge in [0.05, 0.1) is 23.0 Å². The maximum atomic E-state index is 13.1. The van der Waals surface area contributed by atoms with Gasteiger partial charge < -0.3 is 10.6 Å². The zero-order valence-electron chi connectivity index (χ0n) is 17.6. The molecule has 0 spiro atoms. The molecular formula is C23H29N5O2. The fourth-order valence-corrected chi connectivity index (χ4v) is 4.96. The van der Waals surface area contributed by atoms with E-state index in [9.17, 15) is 9.59 Å². The van der Waals surface area contributed by atoms with Gasteiger partial charge in [0.25, 0.3) is 5.91 Å². The van der Waals surface area contributed by atoms with Crippen molar-refractivity contribution >= 4 is 11.8 Å². The summed E-state index contributed by atoms with van der Waals surface area (Å²) in [6.45, 7) is 6.73. The van der Waals surface area contributed by atoms with Crippen LogP contribution >= 0.6 is 0 Å². The summed E-state index contributed by atoms with van der Waals surface area (Å²) in [5.41, 5.74) is 9.04. The van der Waals surface area contributed by atoms with Crippen molar-refractivity contribution in [1.29, 1.82) is 0 Å². The minimum atomic E-state index is -0.258. The maximum absolute atomic E-state index is 13.1. The number of carbonyl (C=O) groups excluding carboxylic acids is 2. The van der Waals surface area contributed by atoms with Gasteiger partial charge in [-0.2, -0.15) is 0 Å². The summed E-state index contributed by atoms with van der Waals surface area (Å²) in [5.74, 6) is 0.504. The Hall–Kier alpha value is -2.80. The molecule has 3 heterocycles. The molecule has 0 aliphatic carbocycles. The number of nitrogens with zero attached hydrogens (tertiary/aromatic N) is 4. The van der Waals surface area contributed by atoms with Crippen molar-refractivity contribution in [3.8, 4) is 0 Å². The third-order valence-electron chi connectivity index (χ3n) is 6.56. The van der Waals surface area contributed by atoms with E-state index in [-0.39, 0.29) is 17.9 Å². The Morgan fingerprint density at radius 1 is 1.03 bits per heavy atom. The van der Waals surface area contributed by atoms with E-state index in [0.717, 1.165) is 37.3 Å². The van der Waals surface area contributed by atoms with Crippen molar-refractivity contribution in [2.75, 3.05) is 26.2 Å². The van der Waals surface area contributed by atoms with E-state index in [1.165, 1.54) is 11.9 Å². The van der Waals surface area contributed by atoms with Crippen LogP contribution < -0.4 is 5.73 Å². The molecule has 158 valence electrons. The molecule has 3 atom stereocenters. The van der Waals surface area contributed by atoms with E-state index in [0.29, 0.717) is 30.5 Å². The van der Waals surface area contributed by atoms with Crippen LogP contribution in [0.2, 0.25) is 0 Å². The molecule has 2 unspecified atom stereocenters. The number of fused-ring (bicyclic) bond motifs is 1. The second-order valence-corrected chi connectivity index (χ2v) is 8.55. The normalized spacial score (nSPS) is 22.1. The smallest absolute Gasteiger partial charge is 0.257 e. The van der Waals surface area contributed by atoms with Gasteiger partial charge in [-0.15, -0.1) is 0 Å². The Morgan fingerprint density at radius 3 is 2.20 bits per heavy atom. The number of hydrogen-bond acceptors (Lipinski definition) is 5. The number of aromatic nitrogens is 2. The molecule has 4 rings (SSSR count). The molecule has 1 aromatic carbocycles. The Labute approximate surface area is 177 Å². The molecule has 2 aromatic rings. The first-order chi connectivity index (χ1) is 14.4. The molecule has 0 bridgehead atoms. The predicted molar refractivity (Wildman–Crippen MR) is 114 cm³/mol. The van der Waals surface area contributed by atoms with Gasteiger partial charge in [0.2, 0.25) is 5.91 Å². The number of likely N-dealkylation sites (tertiary alicyclic amines) is 2. The summed E-state index contributed by atoms with van der Waals surface area (Å²) in [7, 11) is 0. The second kappa shape index (κ2) is 8.52. The highest BCUT2D eigenvalue weighted by Gasteiger charge is 2.44. The minimum absolute atomic E-state index is 0.0158. The van der Waals surface area contributed by atoms with Gasteiger partial charge in [-0.05, 0) is 44.1 Å². The van der Waals surface area contributed by atoms with Gasteiger partial charge in [-0.3, -0.25) is 14.5 Å². The van der Waals surface area contributed by atoms with Crippen LogP contribution in [0.25, 0.3) is 0 Å². The lowest BCUT2D eigenvalue weighted by atomic mass is 10.0. The molecule has 30 heavy (non-hydrogen) atoms. The number of amides is 2. The SMILES string of the molecule is Cc1ncnc(C)c1C(=O)N1CC2CN([C@@H](CCc3ccccc3)C(N)=O)CC2C1. The fraction of sp³-hybridized carbons (Fsp3) is 0.478. The average Bonchev–Trinajstić information content (AvgIpc) is 3.28. The highest BCUT2D eigenvalue weighted by atomic mass is 16.2. The quantitative estimate of drug-likeness (QED) is 0.785. The molecule has 7 heteroatoms. The molecule has 2 aliphatic heterocycles. The van der Waals surface area contributed by atoms with Crippen LogP contribution in [-0.4, -0.2) is 63.8 Å². The number of nitrogens with two attached hydrogens (primary N) is 1. The number of benzene rings is 1. The van der Waals surface area contributed by atoms with Crippen LogP contribution in [0.4, 0.5) is 0 Å². The molecule has 1 aromatic heterocycles. The standard InChI is InChI=1S/C23H29N5O2/c1-15-21(16(2)26-14-25-15)23(30)28-12-18-10-27(11-19(18)13-28)20(22(24)29)9-8-17-6-4-3-5-7-17/h3-7,14,18-20H,8-13H2,1-2H3,(H2,24,29)/t18?,19?,20-/m0/s1. The zero-order valence-corrected chi connectivity index (χ0v) is 17.6. The van der Waals surface area contributed by atoms with E-state index in [1.807, 2.05) is 36.9 Å². The number of primary amides is 1.